The quantitative estimate of drug-likeness (QED) is 0.537. The van der Waals surface area contributed by atoms with Gasteiger partial charge in [-0.25, -0.2) is 9.50 Å². The number of nitrogens with zero attached hydrogens (tertiary/aromatic N) is 3. The summed E-state index contributed by atoms with van der Waals surface area (Å²) in [6, 6.07) is 12.5. The zero-order chi connectivity index (χ0) is 19.7. The molecule has 1 aromatic carbocycles. The van der Waals surface area contributed by atoms with Crippen molar-refractivity contribution in [3.05, 3.63) is 72.4 Å². The molecule has 0 unspecified atom stereocenters. The summed E-state index contributed by atoms with van der Waals surface area (Å²) in [6.45, 7) is 3.68. The molecule has 7 nitrogen and oxygen atoms in total. The van der Waals surface area contributed by atoms with Crippen LogP contribution in [0.1, 0.15) is 30.0 Å². The molecular formula is C21H18N4O3. The van der Waals surface area contributed by atoms with Crippen LogP contribution >= 0.6 is 0 Å². The van der Waals surface area contributed by atoms with Crippen molar-refractivity contribution in [2.45, 2.75) is 13.8 Å². The van der Waals surface area contributed by atoms with E-state index >= 15 is 0 Å². The predicted molar refractivity (Wildman–Crippen MR) is 104 cm³/mol. The van der Waals surface area contributed by atoms with Crippen molar-refractivity contribution in [3.8, 4) is 11.3 Å². The number of furan rings is 1. The summed E-state index contributed by atoms with van der Waals surface area (Å²) < 4.78 is 6.81. The third kappa shape index (κ3) is 3.18. The molecule has 0 radical (unpaired) electrons. The number of carbonyl (C=O) groups is 2. The molecule has 0 aliphatic rings. The highest BCUT2D eigenvalue weighted by molar-refractivity contribution is 6.10. The average molecular weight is 374 g/mol. The lowest BCUT2D eigenvalue weighted by Crippen LogP contribution is -2.17. The highest BCUT2D eigenvalue weighted by Gasteiger charge is 2.19. The van der Waals surface area contributed by atoms with Crippen LogP contribution in [0, 0.1) is 5.92 Å². The normalized spacial score (nSPS) is 11.1. The predicted octanol–water partition coefficient (Wildman–Crippen LogP) is 3.81. The molecule has 0 fully saturated rings. The molecule has 4 rings (SSSR count). The molecule has 0 saturated carbocycles. The van der Waals surface area contributed by atoms with Crippen LogP contribution in [0.2, 0.25) is 0 Å². The van der Waals surface area contributed by atoms with Crippen LogP contribution in [0.25, 0.3) is 16.9 Å². The van der Waals surface area contributed by atoms with Crippen molar-refractivity contribution >= 4 is 23.0 Å². The Balaban J connectivity index is 1.74. The van der Waals surface area contributed by atoms with Crippen molar-refractivity contribution in [2.75, 3.05) is 5.32 Å². The summed E-state index contributed by atoms with van der Waals surface area (Å²) in [5.41, 5.74) is 3.09. The SMILES string of the molecule is CC(C)C(=O)Nc1cccc(-c2ccnc3c(C(=O)c4ccco4)cnn23)c1. The first-order valence-electron chi connectivity index (χ1n) is 8.87. The standard InChI is InChI=1S/C21H18N4O3/c1-13(2)21(27)24-15-6-3-5-14(11-15)17-8-9-22-20-16(12-23-25(17)20)19(26)18-7-4-10-28-18/h3-13H,1-2H3,(H,24,27). The number of aromatic nitrogens is 3. The molecular weight excluding hydrogens is 356 g/mol. The molecule has 4 aromatic rings. The second-order valence-corrected chi connectivity index (χ2v) is 6.65. The van der Waals surface area contributed by atoms with Crippen LogP contribution in [0.15, 0.2) is 65.5 Å². The summed E-state index contributed by atoms with van der Waals surface area (Å²) in [5, 5.41) is 7.24. The van der Waals surface area contributed by atoms with Gasteiger partial charge in [0.25, 0.3) is 0 Å². The van der Waals surface area contributed by atoms with Crippen LogP contribution in [-0.4, -0.2) is 26.3 Å². The van der Waals surface area contributed by atoms with E-state index in [0.29, 0.717) is 16.9 Å². The summed E-state index contributed by atoms with van der Waals surface area (Å²) in [4.78, 5) is 28.9. The highest BCUT2D eigenvalue weighted by Crippen LogP contribution is 2.25. The van der Waals surface area contributed by atoms with Gasteiger partial charge in [-0.1, -0.05) is 26.0 Å². The average Bonchev–Trinajstić information content (AvgIpc) is 3.37. The van der Waals surface area contributed by atoms with Crippen LogP contribution in [0.4, 0.5) is 5.69 Å². The van der Waals surface area contributed by atoms with Gasteiger partial charge in [-0.05, 0) is 30.3 Å². The van der Waals surface area contributed by atoms with Crippen molar-refractivity contribution in [2.24, 2.45) is 5.92 Å². The lowest BCUT2D eigenvalue weighted by Gasteiger charge is -2.10. The molecule has 0 saturated heterocycles. The Kier molecular flexibility index (Phi) is 4.49. The maximum Gasteiger partial charge on any atom is 0.233 e. The van der Waals surface area contributed by atoms with E-state index in [-0.39, 0.29) is 23.4 Å². The maximum absolute atomic E-state index is 12.6. The Morgan fingerprint density at radius 3 is 2.75 bits per heavy atom. The van der Waals surface area contributed by atoms with E-state index in [9.17, 15) is 9.59 Å². The first-order valence-corrected chi connectivity index (χ1v) is 8.87. The number of ketones is 1. The van der Waals surface area contributed by atoms with E-state index in [0.717, 1.165) is 11.3 Å². The molecule has 140 valence electrons. The molecule has 0 bridgehead atoms. The number of anilines is 1. The Labute approximate surface area is 161 Å². The molecule has 0 atom stereocenters. The second-order valence-electron chi connectivity index (χ2n) is 6.65. The van der Waals surface area contributed by atoms with Gasteiger partial charge in [-0.15, -0.1) is 0 Å². The summed E-state index contributed by atoms with van der Waals surface area (Å²) in [5.74, 6) is -0.205. The van der Waals surface area contributed by atoms with Crippen molar-refractivity contribution < 1.29 is 14.0 Å². The largest absolute Gasteiger partial charge is 0.461 e. The topological polar surface area (TPSA) is 89.5 Å². The Hall–Kier alpha value is -3.74. The van der Waals surface area contributed by atoms with Crippen molar-refractivity contribution in [1.82, 2.24) is 14.6 Å². The van der Waals surface area contributed by atoms with Crippen LogP contribution in [0.5, 0.6) is 0 Å². The van der Waals surface area contributed by atoms with E-state index in [1.165, 1.54) is 12.5 Å². The number of carbonyl (C=O) groups excluding carboxylic acids is 2. The van der Waals surface area contributed by atoms with Crippen LogP contribution in [0.3, 0.4) is 0 Å². The van der Waals surface area contributed by atoms with Gasteiger partial charge in [0.2, 0.25) is 11.7 Å². The van der Waals surface area contributed by atoms with Gasteiger partial charge >= 0.3 is 0 Å². The summed E-state index contributed by atoms with van der Waals surface area (Å²) >= 11 is 0. The van der Waals surface area contributed by atoms with Crippen LogP contribution in [-0.2, 0) is 4.79 Å². The molecule has 0 spiro atoms. The first-order chi connectivity index (χ1) is 13.5. The highest BCUT2D eigenvalue weighted by atomic mass is 16.3. The number of amides is 1. The number of benzene rings is 1. The fraction of sp³-hybridized carbons (Fsp3) is 0.143. The number of nitrogens with one attached hydrogen (secondary N) is 1. The smallest absolute Gasteiger partial charge is 0.233 e. The fourth-order valence-electron chi connectivity index (χ4n) is 2.85. The minimum Gasteiger partial charge on any atom is -0.461 e. The number of fused-ring (bicyclic) bond motifs is 1. The number of hydrogen-bond acceptors (Lipinski definition) is 5. The molecule has 28 heavy (non-hydrogen) atoms. The minimum absolute atomic E-state index is 0.0533. The Morgan fingerprint density at radius 2 is 2.00 bits per heavy atom. The lowest BCUT2D eigenvalue weighted by molar-refractivity contribution is -0.118. The van der Waals surface area contributed by atoms with E-state index in [4.69, 9.17) is 4.42 Å². The minimum atomic E-state index is -0.275. The number of hydrogen-bond donors (Lipinski definition) is 1. The third-order valence-corrected chi connectivity index (χ3v) is 4.34. The Morgan fingerprint density at radius 1 is 1.14 bits per heavy atom. The van der Waals surface area contributed by atoms with Crippen molar-refractivity contribution in [1.29, 1.82) is 0 Å². The van der Waals surface area contributed by atoms with Crippen LogP contribution < -0.4 is 5.32 Å². The molecule has 1 N–H and O–H groups in total. The molecule has 3 heterocycles. The number of rotatable bonds is 5. The lowest BCUT2D eigenvalue weighted by atomic mass is 10.1. The second kappa shape index (κ2) is 7.11. The zero-order valence-corrected chi connectivity index (χ0v) is 15.4. The molecule has 1 amide bonds. The van der Waals surface area contributed by atoms with E-state index in [1.807, 2.05) is 44.2 Å². The van der Waals surface area contributed by atoms with Gasteiger partial charge in [-0.3, -0.25) is 9.59 Å². The monoisotopic (exact) mass is 374 g/mol. The van der Waals surface area contributed by atoms with Gasteiger partial charge in [0.05, 0.1) is 23.7 Å². The maximum atomic E-state index is 12.6. The van der Waals surface area contributed by atoms with Gasteiger partial charge in [0, 0.05) is 23.4 Å². The summed E-state index contributed by atoms with van der Waals surface area (Å²) in [6.07, 6.45) is 4.57. The van der Waals surface area contributed by atoms with Gasteiger partial charge in [0.1, 0.15) is 0 Å². The molecule has 7 heteroatoms. The molecule has 0 aliphatic heterocycles. The summed E-state index contributed by atoms with van der Waals surface area (Å²) in [7, 11) is 0. The van der Waals surface area contributed by atoms with Gasteiger partial charge < -0.3 is 9.73 Å². The molecule has 0 aliphatic carbocycles. The van der Waals surface area contributed by atoms with E-state index in [2.05, 4.69) is 15.4 Å². The van der Waals surface area contributed by atoms with Gasteiger partial charge in [-0.2, -0.15) is 5.10 Å². The van der Waals surface area contributed by atoms with E-state index < -0.39 is 0 Å². The van der Waals surface area contributed by atoms with Crippen molar-refractivity contribution in [3.63, 3.8) is 0 Å². The fourth-order valence-corrected chi connectivity index (χ4v) is 2.85. The molecule has 3 aromatic heterocycles. The first kappa shape index (κ1) is 17.7. The Bertz CT molecular complexity index is 1160. The zero-order valence-electron chi connectivity index (χ0n) is 15.4. The van der Waals surface area contributed by atoms with Gasteiger partial charge in [0.15, 0.2) is 11.4 Å². The van der Waals surface area contributed by atoms with E-state index in [1.54, 1.807) is 22.8 Å². The third-order valence-electron chi connectivity index (χ3n) is 4.34.